The van der Waals surface area contributed by atoms with Gasteiger partial charge in [-0.3, -0.25) is 4.57 Å². The Morgan fingerprint density at radius 3 is 2.68 bits per heavy atom. The van der Waals surface area contributed by atoms with Crippen LogP contribution in [0.15, 0.2) is 36.9 Å². The molecule has 0 spiro atoms. The standard InChI is InChI=1S/C21H22N6O4/c1-21(2)30-16-14(8-22)29-20(17(16)31-21)27-11-26-15-18(24-10-25-19(15)27)23-9-12-4-6-13(28-3)7-5-12/h4-7,10-11,14,16-17,20H,9H2,1-3H3,(H,23,24,25)/t14-,16+,17?,20-/m1/s1. The van der Waals surface area contributed by atoms with Crippen LogP contribution in [0.2, 0.25) is 0 Å². The number of fused-ring (bicyclic) bond motifs is 2. The molecule has 4 heterocycles. The normalized spacial score (nSPS) is 26.5. The van der Waals surface area contributed by atoms with Crippen LogP contribution in [0.3, 0.4) is 0 Å². The molecule has 2 aromatic heterocycles. The monoisotopic (exact) mass is 422 g/mol. The molecule has 2 aliphatic heterocycles. The van der Waals surface area contributed by atoms with E-state index in [1.54, 1.807) is 18.0 Å². The van der Waals surface area contributed by atoms with Gasteiger partial charge in [0.1, 0.15) is 24.3 Å². The highest BCUT2D eigenvalue weighted by atomic mass is 16.8. The molecule has 10 nitrogen and oxygen atoms in total. The van der Waals surface area contributed by atoms with E-state index in [4.69, 9.17) is 18.9 Å². The number of benzene rings is 1. The molecule has 10 heteroatoms. The molecule has 2 fully saturated rings. The van der Waals surface area contributed by atoms with E-state index in [-0.39, 0.29) is 0 Å². The van der Waals surface area contributed by atoms with Gasteiger partial charge in [0.05, 0.1) is 19.5 Å². The van der Waals surface area contributed by atoms with Crippen LogP contribution in [0, 0.1) is 11.3 Å². The maximum atomic E-state index is 9.49. The Kier molecular flexibility index (Phi) is 4.74. The molecule has 0 bridgehead atoms. The number of anilines is 1. The molecule has 2 aliphatic rings. The van der Waals surface area contributed by atoms with Crippen molar-refractivity contribution in [2.45, 2.75) is 50.7 Å². The van der Waals surface area contributed by atoms with Crippen LogP contribution in [-0.2, 0) is 20.8 Å². The van der Waals surface area contributed by atoms with Crippen LogP contribution in [-0.4, -0.2) is 50.7 Å². The summed E-state index contributed by atoms with van der Waals surface area (Å²) in [7, 11) is 1.64. The number of nitriles is 1. The van der Waals surface area contributed by atoms with E-state index in [1.807, 2.05) is 38.1 Å². The van der Waals surface area contributed by atoms with Gasteiger partial charge >= 0.3 is 0 Å². The van der Waals surface area contributed by atoms with Crippen molar-refractivity contribution in [2.75, 3.05) is 12.4 Å². The molecule has 31 heavy (non-hydrogen) atoms. The topological polar surface area (TPSA) is 116 Å². The van der Waals surface area contributed by atoms with E-state index >= 15 is 0 Å². The summed E-state index contributed by atoms with van der Waals surface area (Å²) >= 11 is 0. The summed E-state index contributed by atoms with van der Waals surface area (Å²) in [6.45, 7) is 4.22. The van der Waals surface area contributed by atoms with Crippen LogP contribution in [0.1, 0.15) is 25.6 Å². The average molecular weight is 422 g/mol. The van der Waals surface area contributed by atoms with Gasteiger partial charge in [0, 0.05) is 6.54 Å². The number of rotatable bonds is 5. The summed E-state index contributed by atoms with van der Waals surface area (Å²) in [5, 5.41) is 12.8. The highest BCUT2D eigenvalue weighted by Crippen LogP contribution is 2.43. The first-order valence-electron chi connectivity index (χ1n) is 9.94. The summed E-state index contributed by atoms with van der Waals surface area (Å²) in [6, 6.07) is 9.94. The number of nitrogens with zero attached hydrogens (tertiary/aromatic N) is 5. The van der Waals surface area contributed by atoms with Crippen molar-refractivity contribution in [3.63, 3.8) is 0 Å². The summed E-state index contributed by atoms with van der Waals surface area (Å²) in [5.74, 6) is 0.622. The Morgan fingerprint density at radius 2 is 1.94 bits per heavy atom. The van der Waals surface area contributed by atoms with Gasteiger partial charge < -0.3 is 24.3 Å². The number of imidazole rings is 1. The van der Waals surface area contributed by atoms with Crippen molar-refractivity contribution in [2.24, 2.45) is 0 Å². The minimum absolute atomic E-state index is 0.442. The van der Waals surface area contributed by atoms with Crippen molar-refractivity contribution in [1.29, 1.82) is 5.26 Å². The van der Waals surface area contributed by atoms with E-state index in [0.717, 1.165) is 11.3 Å². The largest absolute Gasteiger partial charge is 0.497 e. The third-order valence-corrected chi connectivity index (χ3v) is 5.41. The lowest BCUT2D eigenvalue weighted by atomic mass is 10.1. The van der Waals surface area contributed by atoms with Crippen LogP contribution in [0.25, 0.3) is 11.2 Å². The Hall–Kier alpha value is -3.26. The van der Waals surface area contributed by atoms with Gasteiger partial charge in [0.25, 0.3) is 0 Å². The maximum Gasteiger partial charge on any atom is 0.175 e. The lowest BCUT2D eigenvalue weighted by Crippen LogP contribution is -2.28. The molecule has 2 saturated heterocycles. The smallest absolute Gasteiger partial charge is 0.175 e. The fourth-order valence-corrected chi connectivity index (χ4v) is 4.00. The van der Waals surface area contributed by atoms with E-state index in [2.05, 4.69) is 26.3 Å². The number of hydrogen-bond acceptors (Lipinski definition) is 9. The summed E-state index contributed by atoms with van der Waals surface area (Å²) in [4.78, 5) is 13.2. The fraction of sp³-hybridized carbons (Fsp3) is 0.429. The summed E-state index contributed by atoms with van der Waals surface area (Å²) in [6.07, 6.45) is 0.879. The SMILES string of the molecule is COc1ccc(CNc2ncnc3c2ncn3[C@@H]2O[C@H](C#N)[C@@H]3OC(C)(C)OC32)cc1. The molecular weight excluding hydrogens is 400 g/mol. The minimum atomic E-state index is -0.789. The van der Waals surface area contributed by atoms with Crippen LogP contribution in [0.4, 0.5) is 5.82 Å². The van der Waals surface area contributed by atoms with Crippen LogP contribution < -0.4 is 10.1 Å². The molecule has 0 saturated carbocycles. The van der Waals surface area contributed by atoms with Gasteiger partial charge in [-0.25, -0.2) is 15.0 Å². The minimum Gasteiger partial charge on any atom is -0.497 e. The highest BCUT2D eigenvalue weighted by Gasteiger charge is 2.56. The van der Waals surface area contributed by atoms with E-state index in [0.29, 0.717) is 23.5 Å². The van der Waals surface area contributed by atoms with Crippen molar-refractivity contribution in [3.05, 3.63) is 42.5 Å². The Labute approximate surface area is 178 Å². The summed E-state index contributed by atoms with van der Waals surface area (Å²) in [5.41, 5.74) is 2.27. The van der Waals surface area contributed by atoms with Crippen molar-refractivity contribution >= 4 is 17.0 Å². The Bertz CT molecular complexity index is 1140. The fourth-order valence-electron chi connectivity index (χ4n) is 4.00. The van der Waals surface area contributed by atoms with Gasteiger partial charge in [-0.1, -0.05) is 12.1 Å². The van der Waals surface area contributed by atoms with Gasteiger partial charge in [-0.05, 0) is 31.5 Å². The second-order valence-electron chi connectivity index (χ2n) is 7.89. The lowest BCUT2D eigenvalue weighted by molar-refractivity contribution is -0.190. The molecule has 1 unspecified atom stereocenters. The van der Waals surface area contributed by atoms with Crippen molar-refractivity contribution in [3.8, 4) is 11.8 Å². The zero-order valence-corrected chi connectivity index (χ0v) is 17.3. The number of nitrogens with one attached hydrogen (secondary N) is 1. The van der Waals surface area contributed by atoms with Gasteiger partial charge in [0.15, 0.2) is 35.1 Å². The third-order valence-electron chi connectivity index (χ3n) is 5.41. The molecule has 0 radical (unpaired) electrons. The quantitative estimate of drug-likeness (QED) is 0.661. The molecule has 1 aromatic carbocycles. The molecule has 160 valence electrons. The zero-order valence-electron chi connectivity index (χ0n) is 17.3. The number of methoxy groups -OCH3 is 1. The predicted molar refractivity (Wildman–Crippen MR) is 109 cm³/mol. The molecule has 1 N–H and O–H groups in total. The Morgan fingerprint density at radius 1 is 1.16 bits per heavy atom. The number of ether oxygens (including phenoxy) is 4. The second kappa shape index (κ2) is 7.46. The molecular formula is C21H22N6O4. The average Bonchev–Trinajstić information content (AvgIpc) is 3.43. The van der Waals surface area contributed by atoms with Crippen molar-refractivity contribution in [1.82, 2.24) is 19.5 Å². The number of aromatic nitrogens is 4. The van der Waals surface area contributed by atoms with Gasteiger partial charge in [-0.2, -0.15) is 5.26 Å². The van der Waals surface area contributed by atoms with E-state index < -0.39 is 30.3 Å². The van der Waals surface area contributed by atoms with E-state index in [1.165, 1.54) is 6.33 Å². The Balaban J connectivity index is 1.41. The molecule has 4 atom stereocenters. The van der Waals surface area contributed by atoms with Crippen LogP contribution >= 0.6 is 0 Å². The first-order valence-corrected chi connectivity index (χ1v) is 9.94. The first-order chi connectivity index (χ1) is 15.0. The first kappa shape index (κ1) is 19.7. The van der Waals surface area contributed by atoms with E-state index in [9.17, 15) is 5.26 Å². The van der Waals surface area contributed by atoms with Crippen LogP contribution in [0.5, 0.6) is 5.75 Å². The van der Waals surface area contributed by atoms with Gasteiger partial charge in [-0.15, -0.1) is 0 Å². The highest BCUT2D eigenvalue weighted by molar-refractivity contribution is 5.82. The summed E-state index contributed by atoms with van der Waals surface area (Å²) < 4.78 is 24.8. The van der Waals surface area contributed by atoms with Gasteiger partial charge in [0.2, 0.25) is 0 Å². The molecule has 5 rings (SSSR count). The predicted octanol–water partition coefficient (Wildman–Crippen LogP) is 2.39. The zero-order chi connectivity index (χ0) is 21.6. The molecule has 3 aromatic rings. The number of hydrogen-bond donors (Lipinski definition) is 1. The lowest BCUT2D eigenvalue weighted by Gasteiger charge is -2.23. The molecule has 0 aliphatic carbocycles. The van der Waals surface area contributed by atoms with Crippen molar-refractivity contribution < 1.29 is 18.9 Å². The second-order valence-corrected chi connectivity index (χ2v) is 7.89. The maximum absolute atomic E-state index is 9.49. The third kappa shape index (κ3) is 3.46. The molecule has 0 amide bonds.